The van der Waals surface area contributed by atoms with Gasteiger partial charge in [0.2, 0.25) is 0 Å². The van der Waals surface area contributed by atoms with E-state index in [2.05, 4.69) is 34.0 Å². The van der Waals surface area contributed by atoms with E-state index in [-0.39, 0.29) is 5.91 Å². The molecule has 27 heavy (non-hydrogen) atoms. The predicted octanol–water partition coefficient (Wildman–Crippen LogP) is 3.93. The van der Waals surface area contributed by atoms with Crippen molar-refractivity contribution in [2.45, 2.75) is 20.3 Å². The van der Waals surface area contributed by atoms with Crippen LogP contribution in [0.4, 0.5) is 5.69 Å². The first-order chi connectivity index (χ1) is 13.2. The van der Waals surface area contributed by atoms with Crippen LogP contribution in [0.5, 0.6) is 5.75 Å². The van der Waals surface area contributed by atoms with Gasteiger partial charge in [0.15, 0.2) is 0 Å². The quantitative estimate of drug-likeness (QED) is 0.563. The molecule has 0 saturated heterocycles. The van der Waals surface area contributed by atoms with Gasteiger partial charge in [0, 0.05) is 18.3 Å². The molecule has 1 aromatic heterocycles. The topological polar surface area (TPSA) is 70.2 Å². The fourth-order valence-corrected chi connectivity index (χ4v) is 3.03. The van der Waals surface area contributed by atoms with Gasteiger partial charge in [-0.3, -0.25) is 4.79 Å². The Kier molecular flexibility index (Phi) is 6.44. The van der Waals surface area contributed by atoms with Gasteiger partial charge < -0.3 is 19.9 Å². The first-order valence-electron chi connectivity index (χ1n) is 9.40. The second-order valence-electron chi connectivity index (χ2n) is 6.32. The maximum atomic E-state index is 12.6. The summed E-state index contributed by atoms with van der Waals surface area (Å²) in [6.07, 6.45) is 2.56. The number of hydrogen-bond donors (Lipinski definition) is 2. The Labute approximate surface area is 159 Å². The second-order valence-corrected chi connectivity index (χ2v) is 6.32. The average Bonchev–Trinajstić information content (AvgIpc) is 3.17. The number of carbonyl (C=O) groups is 1. The van der Waals surface area contributed by atoms with Gasteiger partial charge in [-0.15, -0.1) is 0 Å². The summed E-state index contributed by atoms with van der Waals surface area (Å²) in [6.45, 7) is 8.12. The van der Waals surface area contributed by atoms with E-state index < -0.39 is 0 Å². The third-order valence-electron chi connectivity index (χ3n) is 4.57. The van der Waals surface area contributed by atoms with E-state index in [0.717, 1.165) is 37.3 Å². The molecule has 0 saturated carbocycles. The number of amides is 1. The van der Waals surface area contributed by atoms with E-state index in [1.807, 2.05) is 36.4 Å². The molecule has 6 nitrogen and oxygen atoms in total. The van der Waals surface area contributed by atoms with Gasteiger partial charge in [-0.1, -0.05) is 26.0 Å². The molecule has 1 heterocycles. The van der Waals surface area contributed by atoms with Gasteiger partial charge in [-0.05, 0) is 43.8 Å². The van der Waals surface area contributed by atoms with Crippen LogP contribution in [-0.4, -0.2) is 47.0 Å². The number of imidazole rings is 1. The standard InChI is InChI=1S/C21H26N4O2/c1-3-25(4-2)12-7-13-27-17-9-5-8-16(14-17)24-21(26)18-10-6-11-19-20(18)23-15-22-19/h5-6,8-11,14-15H,3-4,7,12-13H2,1-2H3,(H,22,23)(H,24,26). The number of hydrogen-bond acceptors (Lipinski definition) is 4. The molecular formula is C21H26N4O2. The number of benzene rings is 2. The van der Waals surface area contributed by atoms with Crippen molar-refractivity contribution in [3.05, 3.63) is 54.4 Å². The lowest BCUT2D eigenvalue weighted by Gasteiger charge is -2.17. The number of rotatable bonds is 9. The molecule has 0 atom stereocenters. The summed E-state index contributed by atoms with van der Waals surface area (Å²) >= 11 is 0. The number of aromatic nitrogens is 2. The lowest BCUT2D eigenvalue weighted by Crippen LogP contribution is -2.25. The number of ether oxygens (including phenoxy) is 1. The van der Waals surface area contributed by atoms with Crippen molar-refractivity contribution in [2.75, 3.05) is 31.6 Å². The molecule has 0 aliphatic carbocycles. The molecule has 142 valence electrons. The highest BCUT2D eigenvalue weighted by Crippen LogP contribution is 2.20. The van der Waals surface area contributed by atoms with Crippen molar-refractivity contribution in [3.8, 4) is 5.75 Å². The lowest BCUT2D eigenvalue weighted by atomic mass is 10.1. The van der Waals surface area contributed by atoms with E-state index in [9.17, 15) is 4.79 Å². The van der Waals surface area contributed by atoms with E-state index in [1.165, 1.54) is 0 Å². The van der Waals surface area contributed by atoms with Gasteiger partial charge in [-0.2, -0.15) is 0 Å². The number of fused-ring (bicyclic) bond motifs is 1. The minimum atomic E-state index is -0.189. The Morgan fingerprint density at radius 1 is 1.19 bits per heavy atom. The number of anilines is 1. The molecule has 0 bridgehead atoms. The molecule has 0 radical (unpaired) electrons. The fraction of sp³-hybridized carbons (Fsp3) is 0.333. The number of para-hydroxylation sites is 1. The Morgan fingerprint density at radius 3 is 2.81 bits per heavy atom. The Balaban J connectivity index is 1.59. The summed E-state index contributed by atoms with van der Waals surface area (Å²) in [4.78, 5) is 22.2. The fourth-order valence-electron chi connectivity index (χ4n) is 3.03. The maximum Gasteiger partial charge on any atom is 0.257 e. The van der Waals surface area contributed by atoms with Crippen LogP contribution < -0.4 is 10.1 Å². The molecule has 0 spiro atoms. The summed E-state index contributed by atoms with van der Waals surface area (Å²) in [5, 5.41) is 2.93. The minimum Gasteiger partial charge on any atom is -0.493 e. The molecule has 6 heteroatoms. The molecule has 2 N–H and O–H groups in total. The van der Waals surface area contributed by atoms with Crippen molar-refractivity contribution in [1.29, 1.82) is 0 Å². The van der Waals surface area contributed by atoms with Gasteiger partial charge >= 0.3 is 0 Å². The van der Waals surface area contributed by atoms with E-state index in [4.69, 9.17) is 4.74 Å². The SMILES string of the molecule is CCN(CC)CCCOc1cccc(NC(=O)c2cccc3[nH]cnc23)c1. The average molecular weight is 366 g/mol. The molecular weight excluding hydrogens is 340 g/mol. The smallest absolute Gasteiger partial charge is 0.257 e. The largest absolute Gasteiger partial charge is 0.493 e. The Hall–Kier alpha value is -2.86. The summed E-state index contributed by atoms with van der Waals surface area (Å²) in [6, 6.07) is 13.0. The zero-order valence-corrected chi connectivity index (χ0v) is 15.9. The van der Waals surface area contributed by atoms with E-state index >= 15 is 0 Å². The highest BCUT2D eigenvalue weighted by Gasteiger charge is 2.12. The van der Waals surface area contributed by atoms with Gasteiger partial charge in [0.05, 0.1) is 24.0 Å². The molecule has 2 aromatic carbocycles. The van der Waals surface area contributed by atoms with Crippen molar-refractivity contribution >= 4 is 22.6 Å². The number of nitrogens with zero attached hydrogens (tertiary/aromatic N) is 2. The molecule has 0 unspecified atom stereocenters. The first kappa shape index (κ1) is 18.9. The predicted molar refractivity (Wildman–Crippen MR) is 108 cm³/mol. The third-order valence-corrected chi connectivity index (χ3v) is 4.57. The van der Waals surface area contributed by atoms with Crippen LogP contribution in [0.1, 0.15) is 30.6 Å². The zero-order chi connectivity index (χ0) is 19.1. The summed E-state index contributed by atoms with van der Waals surface area (Å²) in [7, 11) is 0. The van der Waals surface area contributed by atoms with Gasteiger partial charge in [0.25, 0.3) is 5.91 Å². The van der Waals surface area contributed by atoms with Crippen molar-refractivity contribution in [1.82, 2.24) is 14.9 Å². The van der Waals surface area contributed by atoms with Crippen molar-refractivity contribution in [3.63, 3.8) is 0 Å². The Morgan fingerprint density at radius 2 is 2.00 bits per heavy atom. The minimum absolute atomic E-state index is 0.189. The van der Waals surface area contributed by atoms with Crippen LogP contribution in [0.3, 0.4) is 0 Å². The number of aromatic amines is 1. The molecule has 0 aliphatic rings. The highest BCUT2D eigenvalue weighted by molar-refractivity contribution is 6.11. The van der Waals surface area contributed by atoms with Crippen LogP contribution in [0.15, 0.2) is 48.8 Å². The molecule has 0 fully saturated rings. The van der Waals surface area contributed by atoms with Crippen LogP contribution in [0.25, 0.3) is 11.0 Å². The zero-order valence-electron chi connectivity index (χ0n) is 15.9. The van der Waals surface area contributed by atoms with Crippen LogP contribution in [0, 0.1) is 0 Å². The van der Waals surface area contributed by atoms with Crippen LogP contribution in [0.2, 0.25) is 0 Å². The normalized spacial score (nSPS) is 11.1. The molecule has 3 aromatic rings. The van der Waals surface area contributed by atoms with E-state index in [1.54, 1.807) is 12.4 Å². The monoisotopic (exact) mass is 366 g/mol. The summed E-state index contributed by atoms with van der Waals surface area (Å²) in [5.41, 5.74) is 2.75. The van der Waals surface area contributed by atoms with Crippen LogP contribution in [-0.2, 0) is 0 Å². The lowest BCUT2D eigenvalue weighted by molar-refractivity contribution is 0.102. The molecule has 1 amide bonds. The summed E-state index contributed by atoms with van der Waals surface area (Å²) in [5.74, 6) is 0.566. The van der Waals surface area contributed by atoms with Crippen LogP contribution >= 0.6 is 0 Å². The number of H-pyrrole nitrogens is 1. The highest BCUT2D eigenvalue weighted by atomic mass is 16.5. The van der Waals surface area contributed by atoms with E-state index in [0.29, 0.717) is 23.4 Å². The number of carbonyl (C=O) groups excluding carboxylic acids is 1. The molecule has 0 aliphatic heterocycles. The first-order valence-corrected chi connectivity index (χ1v) is 9.40. The summed E-state index contributed by atoms with van der Waals surface area (Å²) < 4.78 is 5.84. The number of nitrogens with one attached hydrogen (secondary N) is 2. The van der Waals surface area contributed by atoms with Crippen molar-refractivity contribution < 1.29 is 9.53 Å². The second kappa shape index (κ2) is 9.19. The third kappa shape index (κ3) is 4.86. The maximum absolute atomic E-state index is 12.6. The van der Waals surface area contributed by atoms with Gasteiger partial charge in [0.1, 0.15) is 11.3 Å². The van der Waals surface area contributed by atoms with Gasteiger partial charge in [-0.25, -0.2) is 4.98 Å². The van der Waals surface area contributed by atoms with Crippen molar-refractivity contribution in [2.24, 2.45) is 0 Å². The molecule has 3 rings (SSSR count). The Bertz CT molecular complexity index is 887.